The number of aliphatic imine (C=N–C) groups is 1. The van der Waals surface area contributed by atoms with Crippen molar-refractivity contribution in [3.63, 3.8) is 0 Å². The van der Waals surface area contributed by atoms with Gasteiger partial charge in [0.25, 0.3) is 0 Å². The summed E-state index contributed by atoms with van der Waals surface area (Å²) in [5.41, 5.74) is 2.73. The van der Waals surface area contributed by atoms with Gasteiger partial charge in [-0.25, -0.2) is 18.6 Å². The predicted octanol–water partition coefficient (Wildman–Crippen LogP) is 4.55. The van der Waals surface area contributed by atoms with Crippen LogP contribution >= 0.6 is 0 Å². The van der Waals surface area contributed by atoms with Crippen LogP contribution in [-0.2, 0) is 11.3 Å². The lowest BCUT2D eigenvalue weighted by Crippen LogP contribution is -2.14. The molecule has 0 unspecified atom stereocenters. The number of halogens is 2. The third-order valence-electron chi connectivity index (χ3n) is 4.26. The molecule has 0 atom stereocenters. The van der Waals surface area contributed by atoms with Gasteiger partial charge >= 0.3 is 5.97 Å². The summed E-state index contributed by atoms with van der Waals surface area (Å²) in [7, 11) is 1.92. The molecule has 0 aliphatic carbocycles. The lowest BCUT2D eigenvalue weighted by Gasteiger charge is -2.13. The Balaban J connectivity index is 2.15. The summed E-state index contributed by atoms with van der Waals surface area (Å²) < 4.78 is 32.0. The first-order valence-corrected chi connectivity index (χ1v) is 8.29. The van der Waals surface area contributed by atoms with E-state index in [1.807, 2.05) is 25.8 Å². The number of hydrogen-bond donors (Lipinski definition) is 0. The Morgan fingerprint density at radius 3 is 2.62 bits per heavy atom. The molecular weight excluding hydrogens is 338 g/mol. The second kappa shape index (κ2) is 8.56. The van der Waals surface area contributed by atoms with Gasteiger partial charge in [0.2, 0.25) is 0 Å². The van der Waals surface area contributed by atoms with Gasteiger partial charge < -0.3 is 9.64 Å². The Hall–Kier alpha value is -2.76. The number of benzene rings is 2. The van der Waals surface area contributed by atoms with Gasteiger partial charge in [-0.05, 0) is 50.1 Å². The Morgan fingerprint density at radius 2 is 1.92 bits per heavy atom. The Morgan fingerprint density at radius 1 is 1.19 bits per heavy atom. The number of hydrogen-bond acceptors (Lipinski definition) is 3. The van der Waals surface area contributed by atoms with Crippen molar-refractivity contribution in [2.75, 3.05) is 13.6 Å². The number of carbonyl (C=O) groups excluding carboxylic acids is 1. The highest BCUT2D eigenvalue weighted by atomic mass is 19.2. The molecule has 0 spiro atoms. The minimum absolute atomic E-state index is 0.00320. The number of nitrogens with zero attached hydrogens (tertiary/aromatic N) is 2. The molecule has 0 heterocycles. The number of rotatable bonds is 6. The standard InChI is InChI=1S/C20H22F2N2O2/c1-5-24(4)12-23-18-10-9-16(13(2)14(18)3)20(25)26-11-15-7-6-8-17(21)19(15)22/h6-10,12H,5,11H2,1-4H3. The van der Waals surface area contributed by atoms with Crippen LogP contribution in [0.1, 0.15) is 34.0 Å². The topological polar surface area (TPSA) is 41.9 Å². The van der Waals surface area contributed by atoms with Gasteiger partial charge in [-0.2, -0.15) is 0 Å². The summed E-state index contributed by atoms with van der Waals surface area (Å²) in [4.78, 5) is 18.7. The minimum atomic E-state index is -1.00. The van der Waals surface area contributed by atoms with Crippen molar-refractivity contribution in [1.29, 1.82) is 0 Å². The molecule has 4 nitrogen and oxygen atoms in total. The summed E-state index contributed by atoms with van der Waals surface area (Å²) in [6.07, 6.45) is 1.73. The normalized spacial score (nSPS) is 11.0. The molecule has 2 aromatic rings. The fraction of sp³-hybridized carbons (Fsp3) is 0.300. The van der Waals surface area contributed by atoms with Crippen LogP contribution in [0.15, 0.2) is 35.3 Å². The third-order valence-corrected chi connectivity index (χ3v) is 4.26. The second-order valence-electron chi connectivity index (χ2n) is 5.99. The average Bonchev–Trinajstić information content (AvgIpc) is 2.63. The zero-order valence-electron chi connectivity index (χ0n) is 15.3. The summed E-state index contributed by atoms with van der Waals surface area (Å²) >= 11 is 0. The van der Waals surface area contributed by atoms with Crippen molar-refractivity contribution in [1.82, 2.24) is 4.90 Å². The smallest absolute Gasteiger partial charge is 0.338 e. The van der Waals surface area contributed by atoms with Gasteiger partial charge in [-0.1, -0.05) is 12.1 Å². The highest BCUT2D eigenvalue weighted by molar-refractivity contribution is 5.92. The quantitative estimate of drug-likeness (QED) is 0.431. The van der Waals surface area contributed by atoms with Crippen LogP contribution in [0.25, 0.3) is 0 Å². The van der Waals surface area contributed by atoms with Crippen molar-refractivity contribution in [2.24, 2.45) is 4.99 Å². The monoisotopic (exact) mass is 360 g/mol. The predicted molar refractivity (Wildman–Crippen MR) is 97.8 cm³/mol. The van der Waals surface area contributed by atoms with E-state index in [1.54, 1.807) is 25.4 Å². The molecule has 2 aromatic carbocycles. The number of ether oxygens (including phenoxy) is 1. The first-order chi connectivity index (χ1) is 12.3. The zero-order valence-corrected chi connectivity index (χ0v) is 15.3. The van der Waals surface area contributed by atoms with Crippen LogP contribution in [0, 0.1) is 25.5 Å². The molecule has 26 heavy (non-hydrogen) atoms. The molecule has 138 valence electrons. The molecule has 0 N–H and O–H groups in total. The molecule has 0 fully saturated rings. The number of carbonyl (C=O) groups is 1. The maximum atomic E-state index is 13.6. The van der Waals surface area contributed by atoms with Crippen molar-refractivity contribution >= 4 is 18.0 Å². The summed E-state index contributed by atoms with van der Waals surface area (Å²) in [5.74, 6) is -2.56. The maximum absolute atomic E-state index is 13.6. The van der Waals surface area contributed by atoms with Gasteiger partial charge in [-0.3, -0.25) is 0 Å². The van der Waals surface area contributed by atoms with E-state index in [1.165, 1.54) is 12.1 Å². The van der Waals surface area contributed by atoms with Crippen LogP contribution in [0.5, 0.6) is 0 Å². The van der Waals surface area contributed by atoms with E-state index >= 15 is 0 Å². The van der Waals surface area contributed by atoms with E-state index in [2.05, 4.69) is 4.99 Å². The van der Waals surface area contributed by atoms with Crippen LogP contribution < -0.4 is 0 Å². The molecule has 0 aliphatic rings. The molecule has 0 radical (unpaired) electrons. The van der Waals surface area contributed by atoms with Crippen molar-refractivity contribution in [2.45, 2.75) is 27.4 Å². The van der Waals surface area contributed by atoms with E-state index in [0.717, 1.165) is 29.4 Å². The Bertz CT molecular complexity index is 835. The van der Waals surface area contributed by atoms with Crippen molar-refractivity contribution in [3.8, 4) is 0 Å². The molecule has 0 saturated carbocycles. The summed E-state index contributed by atoms with van der Waals surface area (Å²) in [5, 5.41) is 0. The average molecular weight is 360 g/mol. The van der Waals surface area contributed by atoms with Crippen LogP contribution in [0.2, 0.25) is 0 Å². The van der Waals surface area contributed by atoms with E-state index in [-0.39, 0.29) is 12.2 Å². The van der Waals surface area contributed by atoms with E-state index in [4.69, 9.17) is 4.74 Å². The van der Waals surface area contributed by atoms with Gasteiger partial charge in [0, 0.05) is 19.2 Å². The largest absolute Gasteiger partial charge is 0.457 e. The van der Waals surface area contributed by atoms with Gasteiger partial charge in [-0.15, -0.1) is 0 Å². The summed E-state index contributed by atoms with van der Waals surface area (Å²) in [6, 6.07) is 7.14. The van der Waals surface area contributed by atoms with Crippen molar-refractivity contribution < 1.29 is 18.3 Å². The van der Waals surface area contributed by atoms with Gasteiger partial charge in [0.05, 0.1) is 17.6 Å². The van der Waals surface area contributed by atoms with E-state index in [9.17, 15) is 13.6 Å². The maximum Gasteiger partial charge on any atom is 0.338 e. The lowest BCUT2D eigenvalue weighted by atomic mass is 10.0. The molecule has 2 rings (SSSR count). The van der Waals surface area contributed by atoms with E-state index < -0.39 is 17.6 Å². The molecule has 6 heteroatoms. The minimum Gasteiger partial charge on any atom is -0.457 e. The van der Waals surface area contributed by atoms with Crippen molar-refractivity contribution in [3.05, 3.63) is 64.2 Å². The Kier molecular flexibility index (Phi) is 6.44. The first kappa shape index (κ1) is 19.6. The zero-order chi connectivity index (χ0) is 19.3. The third kappa shape index (κ3) is 4.45. The van der Waals surface area contributed by atoms with Gasteiger partial charge in [0.1, 0.15) is 6.61 Å². The fourth-order valence-electron chi connectivity index (χ4n) is 2.29. The highest BCUT2D eigenvalue weighted by Crippen LogP contribution is 2.25. The lowest BCUT2D eigenvalue weighted by molar-refractivity contribution is 0.0467. The number of esters is 1. The molecule has 0 aliphatic heterocycles. The molecule has 0 bridgehead atoms. The second-order valence-corrected chi connectivity index (χ2v) is 5.99. The molecule has 0 aromatic heterocycles. The molecule has 0 amide bonds. The van der Waals surface area contributed by atoms with Gasteiger partial charge in [0.15, 0.2) is 11.6 Å². The first-order valence-electron chi connectivity index (χ1n) is 8.29. The van der Waals surface area contributed by atoms with E-state index in [0.29, 0.717) is 5.56 Å². The van der Waals surface area contributed by atoms with Crippen LogP contribution in [0.4, 0.5) is 14.5 Å². The SMILES string of the molecule is CCN(C)C=Nc1ccc(C(=O)OCc2cccc(F)c2F)c(C)c1C. The molecule has 0 saturated heterocycles. The van der Waals surface area contributed by atoms with Crippen LogP contribution in [0.3, 0.4) is 0 Å². The van der Waals surface area contributed by atoms with Crippen LogP contribution in [-0.4, -0.2) is 30.8 Å². The molecular formula is C20H22F2N2O2. The highest BCUT2D eigenvalue weighted by Gasteiger charge is 2.16. The summed E-state index contributed by atoms with van der Waals surface area (Å²) in [6.45, 7) is 6.20. The Labute approximate surface area is 152 Å². The fourth-order valence-corrected chi connectivity index (χ4v) is 2.29.